The molecule has 0 spiro atoms. The number of fused-ring (bicyclic) bond motifs is 10. The molecule has 6 heteroatoms. The molecule has 46 heavy (non-hydrogen) atoms. The van der Waals surface area contributed by atoms with E-state index in [0.717, 1.165) is 50.1 Å². The van der Waals surface area contributed by atoms with Crippen LogP contribution in [0.5, 0.6) is 0 Å². The van der Waals surface area contributed by atoms with Crippen LogP contribution in [-0.4, -0.2) is 16.4 Å². The second-order valence-electron chi connectivity index (χ2n) is 12.0. The summed E-state index contributed by atoms with van der Waals surface area (Å²) in [5, 5.41) is 10.9. The summed E-state index contributed by atoms with van der Waals surface area (Å²) in [6.45, 7) is 2.13. The van der Waals surface area contributed by atoms with E-state index in [2.05, 4.69) is 120 Å². The number of nitrogens with zero attached hydrogens (tertiary/aromatic N) is 3. The lowest BCUT2D eigenvalue weighted by Crippen LogP contribution is -2.48. The van der Waals surface area contributed by atoms with Gasteiger partial charge in [-0.3, -0.25) is 4.57 Å². The fraction of sp³-hybridized carbons (Fsp3) is 0.0500. The molecule has 3 aromatic heterocycles. The molecule has 0 bridgehead atoms. The predicted molar refractivity (Wildman–Crippen MR) is 192 cm³/mol. The predicted octanol–water partition coefficient (Wildman–Crippen LogP) is 10.2. The minimum Gasteiger partial charge on any atom is -0.456 e. The molecule has 0 fully saturated rings. The summed E-state index contributed by atoms with van der Waals surface area (Å²) in [4.78, 5) is 10.7. The van der Waals surface area contributed by atoms with E-state index in [0.29, 0.717) is 5.84 Å². The Labute approximate surface area is 267 Å². The van der Waals surface area contributed by atoms with Gasteiger partial charge in [-0.2, -0.15) is 4.99 Å². The van der Waals surface area contributed by atoms with Crippen molar-refractivity contribution in [2.45, 2.75) is 12.6 Å². The van der Waals surface area contributed by atoms with E-state index >= 15 is 0 Å². The van der Waals surface area contributed by atoms with Crippen molar-refractivity contribution < 1.29 is 4.42 Å². The number of aliphatic imine (C=N–C) groups is 2. The molecule has 1 aliphatic rings. The second kappa shape index (κ2) is 9.39. The molecule has 0 saturated heterocycles. The van der Waals surface area contributed by atoms with E-state index in [-0.39, 0.29) is 0 Å². The lowest BCUT2D eigenvalue weighted by Gasteiger charge is -2.33. The van der Waals surface area contributed by atoms with E-state index in [4.69, 9.17) is 14.4 Å². The standard InChI is InChI=1S/C40H26N4OS/c1-40(25-11-3-2-4-12-25)42-38(24-19-22-34-31(23-24)27-14-6-9-17-33(27)45-34)41-39(43-40)44-32-16-8-5-13-26(32)29-20-21-30-28-15-7-10-18-35(28)46-37(30)36(29)44/h2-23H,1H3,(H,41,42,43). The van der Waals surface area contributed by atoms with Gasteiger partial charge in [-0.15, -0.1) is 11.3 Å². The van der Waals surface area contributed by atoms with Crippen LogP contribution >= 0.6 is 11.3 Å². The average molecular weight is 611 g/mol. The van der Waals surface area contributed by atoms with E-state index < -0.39 is 5.66 Å². The molecule has 1 unspecified atom stereocenters. The maximum Gasteiger partial charge on any atom is 0.212 e. The molecule has 0 saturated carbocycles. The molecule has 1 N–H and O–H groups in total. The molecule has 0 aliphatic carbocycles. The maximum absolute atomic E-state index is 6.16. The molecule has 1 aliphatic heterocycles. The Balaban J connectivity index is 1.28. The Kier molecular flexibility index (Phi) is 5.23. The maximum atomic E-state index is 6.16. The normalized spacial score (nSPS) is 16.9. The lowest BCUT2D eigenvalue weighted by atomic mass is 10.0. The Morgan fingerprint density at radius 1 is 0.652 bits per heavy atom. The molecule has 0 radical (unpaired) electrons. The van der Waals surface area contributed by atoms with Gasteiger partial charge in [-0.25, -0.2) is 4.99 Å². The Hall–Kier alpha value is -5.72. The van der Waals surface area contributed by atoms with Crippen molar-refractivity contribution in [3.8, 4) is 0 Å². The molecule has 0 amide bonds. The van der Waals surface area contributed by atoms with Gasteiger partial charge in [-0.05, 0) is 48.9 Å². The zero-order chi connectivity index (χ0) is 30.4. The highest BCUT2D eigenvalue weighted by molar-refractivity contribution is 7.26. The third-order valence-electron chi connectivity index (χ3n) is 9.26. The molecule has 218 valence electrons. The molecular formula is C40H26N4OS. The summed E-state index contributed by atoms with van der Waals surface area (Å²) in [6.07, 6.45) is 0. The summed E-state index contributed by atoms with van der Waals surface area (Å²) in [6, 6.07) is 46.7. The molecule has 9 aromatic rings. The fourth-order valence-electron chi connectivity index (χ4n) is 7.06. The molecule has 10 rings (SSSR count). The first kappa shape index (κ1) is 25.6. The first-order valence-corrected chi connectivity index (χ1v) is 16.2. The van der Waals surface area contributed by atoms with Crippen molar-refractivity contribution in [3.63, 3.8) is 0 Å². The number of aromatic nitrogens is 1. The Morgan fingerprint density at radius 3 is 2.26 bits per heavy atom. The van der Waals surface area contributed by atoms with Crippen molar-refractivity contribution in [1.29, 1.82) is 0 Å². The topological polar surface area (TPSA) is 54.8 Å². The molecular weight excluding hydrogens is 585 g/mol. The molecule has 4 heterocycles. The second-order valence-corrected chi connectivity index (χ2v) is 13.1. The molecule has 6 aromatic carbocycles. The first-order valence-electron chi connectivity index (χ1n) is 15.4. The molecule has 5 nitrogen and oxygen atoms in total. The van der Waals surface area contributed by atoms with Gasteiger partial charge in [-0.1, -0.05) is 97.1 Å². The quantitative estimate of drug-likeness (QED) is 0.212. The van der Waals surface area contributed by atoms with Gasteiger partial charge in [0.2, 0.25) is 5.96 Å². The van der Waals surface area contributed by atoms with E-state index in [1.54, 1.807) is 0 Å². The number of amidine groups is 1. The highest BCUT2D eigenvalue weighted by atomic mass is 32.1. The highest BCUT2D eigenvalue weighted by Crippen LogP contribution is 2.42. The Bertz CT molecular complexity index is 2750. The first-order chi connectivity index (χ1) is 22.6. The van der Waals surface area contributed by atoms with Crippen molar-refractivity contribution in [1.82, 2.24) is 9.88 Å². The van der Waals surface area contributed by atoms with Gasteiger partial charge in [0, 0.05) is 42.6 Å². The van der Waals surface area contributed by atoms with Crippen LogP contribution in [0.3, 0.4) is 0 Å². The average Bonchev–Trinajstić information content (AvgIpc) is 3.78. The fourth-order valence-corrected chi connectivity index (χ4v) is 8.30. The van der Waals surface area contributed by atoms with Gasteiger partial charge in [0.15, 0.2) is 11.5 Å². The van der Waals surface area contributed by atoms with Crippen LogP contribution in [0.15, 0.2) is 148 Å². The monoisotopic (exact) mass is 610 g/mol. The van der Waals surface area contributed by atoms with E-state index in [1.165, 1.54) is 30.9 Å². The third-order valence-corrected chi connectivity index (χ3v) is 10.5. The summed E-state index contributed by atoms with van der Waals surface area (Å²) >= 11 is 1.84. The number of furan rings is 1. The van der Waals surface area contributed by atoms with Crippen LogP contribution in [0.25, 0.3) is 63.9 Å². The third kappa shape index (κ3) is 3.62. The van der Waals surface area contributed by atoms with Crippen molar-refractivity contribution in [2.24, 2.45) is 9.98 Å². The molecule has 1 atom stereocenters. The Morgan fingerprint density at radius 2 is 1.37 bits per heavy atom. The summed E-state index contributed by atoms with van der Waals surface area (Å²) in [7, 11) is 0. The van der Waals surface area contributed by atoms with Gasteiger partial charge >= 0.3 is 0 Å². The minimum absolute atomic E-state index is 0.668. The number of benzene rings is 6. The lowest BCUT2D eigenvalue weighted by molar-refractivity contribution is 0.449. The SMILES string of the molecule is CC1(c2ccccc2)N=C(c2ccc3oc4ccccc4c3c2)N=C(n2c3ccccc3c3ccc4c5ccccc5sc4c32)N1. The van der Waals surface area contributed by atoms with Gasteiger partial charge in [0.25, 0.3) is 0 Å². The van der Waals surface area contributed by atoms with Crippen LogP contribution in [0.4, 0.5) is 0 Å². The number of hydrogen-bond acceptors (Lipinski definition) is 5. The smallest absolute Gasteiger partial charge is 0.212 e. The van der Waals surface area contributed by atoms with Crippen LogP contribution in [0.1, 0.15) is 18.1 Å². The van der Waals surface area contributed by atoms with Crippen molar-refractivity contribution in [2.75, 3.05) is 0 Å². The van der Waals surface area contributed by atoms with Crippen molar-refractivity contribution in [3.05, 3.63) is 145 Å². The highest BCUT2D eigenvalue weighted by Gasteiger charge is 2.34. The number of rotatable bonds is 2. The largest absolute Gasteiger partial charge is 0.456 e. The number of thiophene rings is 1. The number of hydrogen-bond donors (Lipinski definition) is 1. The summed E-state index contributed by atoms with van der Waals surface area (Å²) in [5.74, 6) is 1.41. The summed E-state index contributed by atoms with van der Waals surface area (Å²) in [5.41, 5.74) is 5.20. The van der Waals surface area contributed by atoms with Crippen LogP contribution in [-0.2, 0) is 5.66 Å². The zero-order valence-corrected chi connectivity index (χ0v) is 25.7. The van der Waals surface area contributed by atoms with Crippen LogP contribution in [0, 0.1) is 0 Å². The van der Waals surface area contributed by atoms with Gasteiger partial charge in [0.05, 0.1) is 15.7 Å². The van der Waals surface area contributed by atoms with Gasteiger partial charge < -0.3 is 9.73 Å². The van der Waals surface area contributed by atoms with Crippen LogP contribution < -0.4 is 5.32 Å². The van der Waals surface area contributed by atoms with Crippen LogP contribution in [0.2, 0.25) is 0 Å². The summed E-state index contributed by atoms with van der Waals surface area (Å²) < 4.78 is 11.0. The van der Waals surface area contributed by atoms with Crippen molar-refractivity contribution >= 4 is 87.0 Å². The number of para-hydroxylation sites is 2. The minimum atomic E-state index is -0.771. The van der Waals surface area contributed by atoms with E-state index in [9.17, 15) is 0 Å². The number of nitrogens with one attached hydrogen (secondary N) is 1. The zero-order valence-electron chi connectivity index (χ0n) is 24.9. The van der Waals surface area contributed by atoms with E-state index in [1.807, 2.05) is 41.7 Å². The van der Waals surface area contributed by atoms with Gasteiger partial charge in [0.1, 0.15) is 11.2 Å².